The predicted molar refractivity (Wildman–Crippen MR) is 106 cm³/mol. The van der Waals surface area contributed by atoms with Crippen LogP contribution in [-0.2, 0) is 22.0 Å². The third kappa shape index (κ3) is 4.15. The summed E-state index contributed by atoms with van der Waals surface area (Å²) in [5.74, 6) is -0.539. The molecule has 0 aliphatic carbocycles. The smallest absolute Gasteiger partial charge is 0.239 e. The van der Waals surface area contributed by atoms with Crippen LogP contribution in [0.3, 0.4) is 0 Å². The fraction of sp³-hybridized carbons (Fsp3) is 0.353. The molecule has 3 heterocycles. The number of ketones is 1. The Balaban J connectivity index is 1.93. The highest BCUT2D eigenvalue weighted by atomic mass is 35.5. The second-order valence-electron chi connectivity index (χ2n) is 6.64. The van der Waals surface area contributed by atoms with Crippen LogP contribution in [0.5, 0.6) is 5.88 Å². The summed E-state index contributed by atoms with van der Waals surface area (Å²) in [6.07, 6.45) is 2.58. The first-order chi connectivity index (χ1) is 13.6. The Kier molecular flexibility index (Phi) is 5.46. The molecule has 0 saturated heterocycles. The molecule has 0 radical (unpaired) electrons. The minimum atomic E-state index is -3.69. The third-order valence-electron chi connectivity index (χ3n) is 4.44. The molecule has 1 aliphatic rings. The van der Waals surface area contributed by atoms with Gasteiger partial charge in [-0.05, 0) is 19.1 Å². The molecule has 1 aliphatic heterocycles. The van der Waals surface area contributed by atoms with Crippen LogP contribution in [0.2, 0.25) is 5.02 Å². The van der Waals surface area contributed by atoms with E-state index < -0.39 is 15.6 Å². The lowest BCUT2D eigenvalue weighted by molar-refractivity contribution is 0.0986. The van der Waals surface area contributed by atoms with Gasteiger partial charge in [0.1, 0.15) is 17.0 Å². The van der Waals surface area contributed by atoms with E-state index in [1.165, 1.54) is 26.6 Å². The maximum absolute atomic E-state index is 12.5. The number of carbonyl (C=O) groups excluding carboxylic acids is 1. The van der Waals surface area contributed by atoms with Crippen LogP contribution < -0.4 is 10.5 Å². The second kappa shape index (κ2) is 7.56. The molecular formula is C17H19ClN6O4S. The predicted octanol–water partition coefficient (Wildman–Crippen LogP) is 0.764. The van der Waals surface area contributed by atoms with Gasteiger partial charge in [-0.15, -0.1) is 0 Å². The molecule has 29 heavy (non-hydrogen) atoms. The summed E-state index contributed by atoms with van der Waals surface area (Å²) in [6.45, 7) is 1.58. The summed E-state index contributed by atoms with van der Waals surface area (Å²) >= 11 is 6.28. The van der Waals surface area contributed by atoms with Gasteiger partial charge in [0, 0.05) is 12.7 Å². The number of hydrogen-bond donors (Lipinski definition) is 1. The number of nitrogens with zero attached hydrogens (tertiary/aromatic N) is 5. The number of methoxy groups -OCH3 is 1. The van der Waals surface area contributed by atoms with E-state index in [1.807, 2.05) is 0 Å². The van der Waals surface area contributed by atoms with E-state index in [4.69, 9.17) is 22.1 Å². The van der Waals surface area contributed by atoms with Crippen molar-refractivity contribution in [1.82, 2.24) is 19.3 Å². The molecule has 10 nitrogen and oxygen atoms in total. The highest BCUT2D eigenvalue weighted by Gasteiger charge is 2.42. The lowest BCUT2D eigenvalue weighted by Crippen LogP contribution is -2.50. The van der Waals surface area contributed by atoms with Crippen molar-refractivity contribution in [3.8, 4) is 5.88 Å². The van der Waals surface area contributed by atoms with E-state index >= 15 is 0 Å². The third-order valence-corrected chi connectivity index (χ3v) is 6.70. The lowest BCUT2D eigenvalue weighted by Gasteiger charge is -2.34. The normalized spacial score (nSPS) is 20.8. The first kappa shape index (κ1) is 20.9. The van der Waals surface area contributed by atoms with E-state index in [-0.39, 0.29) is 40.3 Å². The number of halogens is 1. The zero-order chi connectivity index (χ0) is 21.4. The highest BCUT2D eigenvalue weighted by molar-refractivity contribution is 7.89. The summed E-state index contributed by atoms with van der Waals surface area (Å²) in [7, 11) is -0.912. The van der Waals surface area contributed by atoms with Crippen LogP contribution in [0, 0.1) is 0 Å². The van der Waals surface area contributed by atoms with Gasteiger partial charge in [-0.1, -0.05) is 11.6 Å². The number of aliphatic imine (C=N–C) groups is 1. The Morgan fingerprint density at radius 3 is 2.66 bits per heavy atom. The van der Waals surface area contributed by atoms with E-state index in [2.05, 4.69) is 19.9 Å². The highest BCUT2D eigenvalue weighted by Crippen LogP contribution is 2.34. The van der Waals surface area contributed by atoms with Crippen molar-refractivity contribution >= 4 is 33.4 Å². The molecule has 2 N–H and O–H groups in total. The molecule has 0 fully saturated rings. The Bertz CT molecular complexity index is 1090. The minimum Gasteiger partial charge on any atom is -0.480 e. The van der Waals surface area contributed by atoms with Crippen LogP contribution in [-0.4, -0.2) is 59.3 Å². The van der Waals surface area contributed by atoms with Crippen LogP contribution in [0.1, 0.15) is 28.8 Å². The number of ether oxygens (including phenoxy) is 1. The number of rotatable bonds is 5. The van der Waals surface area contributed by atoms with Gasteiger partial charge in [0.15, 0.2) is 5.78 Å². The number of hydrogen-bond acceptors (Lipinski definition) is 9. The monoisotopic (exact) mass is 438 g/mol. The molecule has 3 rings (SSSR count). The molecule has 0 bridgehead atoms. The summed E-state index contributed by atoms with van der Waals surface area (Å²) in [5.41, 5.74) is 5.26. The van der Waals surface area contributed by atoms with Crippen molar-refractivity contribution in [2.24, 2.45) is 10.7 Å². The summed E-state index contributed by atoms with van der Waals surface area (Å²) in [6, 6.07) is 3.13. The molecule has 0 spiro atoms. The quantitative estimate of drug-likeness (QED) is 0.674. The standard InChI is InChI=1S/C17H19ClN6O4S/c1-17(9-29(26,27)24(2)16(19)23-17)15-11(18)5-4-10(22-15)6-13(25)12-7-21-14(28-3)8-20-12/h4-5,7-8H,6,9H2,1-3H3,(H2,19,23)/t17-/m0/s1. The van der Waals surface area contributed by atoms with Crippen LogP contribution >= 0.6 is 11.6 Å². The topological polar surface area (TPSA) is 141 Å². The van der Waals surface area contributed by atoms with Crippen molar-refractivity contribution in [1.29, 1.82) is 0 Å². The first-order valence-corrected chi connectivity index (χ1v) is 10.4. The fourth-order valence-corrected chi connectivity index (χ4v) is 4.59. The van der Waals surface area contributed by atoms with Crippen molar-refractivity contribution < 1.29 is 17.9 Å². The van der Waals surface area contributed by atoms with Crippen LogP contribution in [0.15, 0.2) is 29.5 Å². The number of nitrogens with two attached hydrogens (primary N) is 1. The first-order valence-electron chi connectivity index (χ1n) is 8.43. The molecule has 0 saturated carbocycles. The second-order valence-corrected chi connectivity index (χ2v) is 9.05. The van der Waals surface area contributed by atoms with Gasteiger partial charge in [0.2, 0.25) is 21.9 Å². The summed E-state index contributed by atoms with van der Waals surface area (Å²) in [4.78, 5) is 29.2. The Labute approximate surface area is 172 Å². The molecule has 1 atom stereocenters. The molecule has 154 valence electrons. The van der Waals surface area contributed by atoms with Gasteiger partial charge in [0.25, 0.3) is 0 Å². The van der Waals surface area contributed by atoms with Crippen LogP contribution in [0.4, 0.5) is 0 Å². The van der Waals surface area contributed by atoms with Crippen LogP contribution in [0.25, 0.3) is 0 Å². The van der Waals surface area contributed by atoms with Crippen molar-refractivity contribution in [2.45, 2.75) is 18.9 Å². The maximum atomic E-state index is 12.5. The van der Waals surface area contributed by atoms with Gasteiger partial charge in [-0.3, -0.25) is 9.78 Å². The number of aromatic nitrogens is 3. The summed E-state index contributed by atoms with van der Waals surface area (Å²) < 4.78 is 30.6. The molecule has 0 unspecified atom stereocenters. The van der Waals surface area contributed by atoms with E-state index in [0.717, 1.165) is 4.31 Å². The molecule has 12 heteroatoms. The molecular weight excluding hydrogens is 420 g/mol. The van der Waals surface area contributed by atoms with Crippen molar-refractivity contribution in [2.75, 3.05) is 19.9 Å². The molecule has 2 aromatic rings. The van der Waals surface area contributed by atoms with Gasteiger partial charge < -0.3 is 10.5 Å². The Morgan fingerprint density at radius 2 is 2.07 bits per heavy atom. The minimum absolute atomic E-state index is 0.0763. The molecule has 0 aromatic carbocycles. The average Bonchev–Trinajstić information content (AvgIpc) is 2.67. The zero-order valence-corrected chi connectivity index (χ0v) is 17.5. The largest absolute Gasteiger partial charge is 0.480 e. The molecule has 2 aromatic heterocycles. The Hall–Kier alpha value is -2.79. The number of Topliss-reactive ketones (excluding diaryl/α,β-unsaturated/α-hetero) is 1. The van der Waals surface area contributed by atoms with Gasteiger partial charge in [0.05, 0.1) is 36.6 Å². The van der Waals surface area contributed by atoms with Gasteiger partial charge in [-0.25, -0.2) is 27.7 Å². The lowest BCUT2D eigenvalue weighted by atomic mass is 9.99. The van der Waals surface area contributed by atoms with E-state index in [9.17, 15) is 13.2 Å². The number of pyridine rings is 1. The number of guanidine groups is 1. The fourth-order valence-electron chi connectivity index (χ4n) is 2.85. The SMILES string of the molecule is COc1cnc(C(=O)Cc2ccc(Cl)c([C@]3(C)CS(=O)(=O)N(C)C(N)=N3)n2)cn1. The molecule has 0 amide bonds. The van der Waals surface area contributed by atoms with Gasteiger partial charge >= 0.3 is 0 Å². The zero-order valence-electron chi connectivity index (χ0n) is 16.0. The van der Waals surface area contributed by atoms with E-state index in [1.54, 1.807) is 19.1 Å². The number of carbonyl (C=O) groups is 1. The van der Waals surface area contributed by atoms with Crippen molar-refractivity contribution in [3.63, 3.8) is 0 Å². The Morgan fingerprint density at radius 1 is 1.34 bits per heavy atom. The summed E-state index contributed by atoms with van der Waals surface area (Å²) in [5, 5.41) is 0.226. The average molecular weight is 439 g/mol. The number of sulfonamides is 1. The van der Waals surface area contributed by atoms with E-state index in [0.29, 0.717) is 11.6 Å². The maximum Gasteiger partial charge on any atom is 0.239 e. The van der Waals surface area contributed by atoms with Gasteiger partial charge in [-0.2, -0.15) is 0 Å². The van der Waals surface area contributed by atoms with Crippen molar-refractivity contribution in [3.05, 3.63) is 46.6 Å².